The average molecular weight is 473 g/mol. The Morgan fingerprint density at radius 1 is 0.515 bits per heavy atom. The van der Waals surface area contributed by atoms with E-state index in [-0.39, 0.29) is 0 Å². The minimum atomic E-state index is 0.627. The van der Waals surface area contributed by atoms with Gasteiger partial charge in [0.1, 0.15) is 0 Å². The van der Waals surface area contributed by atoms with Crippen molar-refractivity contribution in [1.82, 2.24) is 9.80 Å². The van der Waals surface area contributed by atoms with Gasteiger partial charge in [0.25, 0.3) is 0 Å². The number of piperidine rings is 2. The Hall–Kier alpha value is -0.160. The molecule has 4 aliphatic rings. The zero-order valence-corrected chi connectivity index (χ0v) is 26.0. The summed E-state index contributed by atoms with van der Waals surface area (Å²) in [6.07, 6.45) is 8.70. The van der Waals surface area contributed by atoms with Crippen LogP contribution in [0.3, 0.4) is 0 Å². The van der Waals surface area contributed by atoms with E-state index in [1.807, 2.05) is 55.4 Å². The SMILES string of the molecule is CC.CC.CC.CC.CN1CCC2(CC1)CC[N+](C)(C)CC2.CN1CC[N+](C)(C)CC12CC2. The lowest BCUT2D eigenvalue weighted by molar-refractivity contribution is -0.899. The number of rotatable bonds is 0. The lowest BCUT2D eigenvalue weighted by Crippen LogP contribution is -2.60. The first-order valence-electron chi connectivity index (χ1n) is 14.6. The first-order valence-corrected chi connectivity index (χ1v) is 14.6. The quantitative estimate of drug-likeness (QED) is 0.386. The molecule has 0 unspecified atom stereocenters. The zero-order chi connectivity index (χ0) is 26.3. The molecule has 0 N–H and O–H groups in total. The van der Waals surface area contributed by atoms with Crippen LogP contribution in [0, 0.1) is 5.41 Å². The molecule has 0 atom stereocenters. The van der Waals surface area contributed by atoms with Gasteiger partial charge >= 0.3 is 0 Å². The molecule has 4 fully saturated rings. The molecule has 0 aromatic rings. The number of piperazine rings is 1. The Kier molecular flexibility index (Phi) is 17.5. The number of hydrogen-bond acceptors (Lipinski definition) is 2. The number of likely N-dealkylation sites (N-methyl/N-ethyl adjacent to an activating group) is 2. The van der Waals surface area contributed by atoms with Crippen LogP contribution < -0.4 is 0 Å². The maximum atomic E-state index is 2.57. The van der Waals surface area contributed by atoms with Crippen molar-refractivity contribution in [3.05, 3.63) is 0 Å². The molecule has 3 saturated heterocycles. The van der Waals surface area contributed by atoms with E-state index in [4.69, 9.17) is 0 Å². The second kappa shape index (κ2) is 16.5. The van der Waals surface area contributed by atoms with Crippen molar-refractivity contribution in [1.29, 1.82) is 0 Å². The van der Waals surface area contributed by atoms with Crippen LogP contribution in [0.5, 0.6) is 0 Å². The monoisotopic (exact) mass is 473 g/mol. The molecule has 0 aromatic heterocycles. The predicted molar refractivity (Wildman–Crippen MR) is 152 cm³/mol. The molecule has 0 amide bonds. The molecule has 4 heteroatoms. The van der Waals surface area contributed by atoms with Crippen molar-refractivity contribution in [2.45, 2.75) is 99.5 Å². The van der Waals surface area contributed by atoms with Gasteiger partial charge in [0.15, 0.2) is 0 Å². The van der Waals surface area contributed by atoms with Crippen LogP contribution in [0.2, 0.25) is 0 Å². The maximum Gasteiger partial charge on any atom is 0.0969 e. The first kappa shape index (κ1) is 35.0. The van der Waals surface area contributed by atoms with Crippen molar-refractivity contribution < 1.29 is 8.97 Å². The van der Waals surface area contributed by atoms with E-state index >= 15 is 0 Å². The third-order valence-corrected chi connectivity index (χ3v) is 7.94. The van der Waals surface area contributed by atoms with Gasteiger partial charge < -0.3 is 13.9 Å². The molecular weight excluding hydrogens is 404 g/mol. The summed E-state index contributed by atoms with van der Waals surface area (Å²) in [5, 5.41) is 0. The third-order valence-electron chi connectivity index (χ3n) is 7.94. The fraction of sp³-hybridized carbons (Fsp3) is 1.00. The number of nitrogens with zero attached hydrogens (tertiary/aromatic N) is 4. The van der Waals surface area contributed by atoms with Gasteiger partial charge in [-0.1, -0.05) is 55.4 Å². The predicted octanol–water partition coefficient (Wildman–Crippen LogP) is 6.21. The Morgan fingerprint density at radius 2 is 0.939 bits per heavy atom. The average Bonchev–Trinajstić information content (AvgIpc) is 3.61. The van der Waals surface area contributed by atoms with Gasteiger partial charge in [-0.05, 0) is 58.3 Å². The van der Waals surface area contributed by atoms with Gasteiger partial charge in [0.2, 0.25) is 0 Å². The highest BCUT2D eigenvalue weighted by Gasteiger charge is 2.53. The summed E-state index contributed by atoms with van der Waals surface area (Å²) in [4.78, 5) is 5.05. The van der Waals surface area contributed by atoms with Gasteiger partial charge in [-0.2, -0.15) is 0 Å². The van der Waals surface area contributed by atoms with Crippen LogP contribution in [0.1, 0.15) is 93.9 Å². The van der Waals surface area contributed by atoms with Crippen molar-refractivity contribution in [2.75, 3.05) is 88.1 Å². The van der Waals surface area contributed by atoms with E-state index in [0.29, 0.717) is 5.54 Å². The van der Waals surface area contributed by atoms with Gasteiger partial charge in [0.05, 0.1) is 59.9 Å². The van der Waals surface area contributed by atoms with Gasteiger partial charge in [-0.15, -0.1) is 0 Å². The lowest BCUT2D eigenvalue weighted by Gasteiger charge is -2.48. The van der Waals surface area contributed by atoms with E-state index in [1.54, 1.807) is 0 Å². The molecule has 4 nitrogen and oxygen atoms in total. The Morgan fingerprint density at radius 3 is 1.30 bits per heavy atom. The van der Waals surface area contributed by atoms with Gasteiger partial charge in [0, 0.05) is 19.4 Å². The minimum Gasteiger partial charge on any atom is -0.328 e. The topological polar surface area (TPSA) is 6.48 Å². The molecule has 202 valence electrons. The maximum absolute atomic E-state index is 2.57. The Bertz CT molecular complexity index is 448. The van der Waals surface area contributed by atoms with E-state index in [2.05, 4.69) is 52.1 Å². The normalized spacial score (nSPS) is 25.6. The molecule has 3 aliphatic heterocycles. The van der Waals surface area contributed by atoms with E-state index in [1.165, 1.54) is 93.3 Å². The molecule has 0 bridgehead atoms. The molecule has 33 heavy (non-hydrogen) atoms. The summed E-state index contributed by atoms with van der Waals surface area (Å²) >= 11 is 0. The van der Waals surface area contributed by atoms with Crippen molar-refractivity contribution >= 4 is 0 Å². The third kappa shape index (κ3) is 11.9. The van der Waals surface area contributed by atoms with E-state index in [0.717, 1.165) is 5.41 Å². The largest absolute Gasteiger partial charge is 0.328 e. The first-order chi connectivity index (χ1) is 15.6. The fourth-order valence-electron chi connectivity index (χ4n) is 5.25. The number of likely N-dealkylation sites (tertiary alicyclic amines) is 2. The van der Waals surface area contributed by atoms with Crippen LogP contribution in [0.15, 0.2) is 0 Å². The Labute approximate surface area is 211 Å². The van der Waals surface area contributed by atoms with Crippen molar-refractivity contribution in [3.8, 4) is 0 Å². The lowest BCUT2D eigenvalue weighted by atomic mass is 9.71. The van der Waals surface area contributed by atoms with Crippen LogP contribution >= 0.6 is 0 Å². The van der Waals surface area contributed by atoms with Crippen LogP contribution in [0.25, 0.3) is 0 Å². The van der Waals surface area contributed by atoms with Crippen LogP contribution in [-0.4, -0.2) is 112 Å². The summed E-state index contributed by atoms with van der Waals surface area (Å²) in [6.45, 7) is 25.4. The summed E-state index contributed by atoms with van der Waals surface area (Å²) in [7, 11) is 14.0. The highest BCUT2D eigenvalue weighted by molar-refractivity contribution is 5.04. The smallest absolute Gasteiger partial charge is 0.0969 e. The molecule has 4 rings (SSSR count). The molecule has 1 aliphatic carbocycles. The summed E-state index contributed by atoms with van der Waals surface area (Å²) in [5.41, 5.74) is 1.36. The number of quaternary nitrogens is 2. The fourth-order valence-corrected chi connectivity index (χ4v) is 5.25. The molecule has 0 aromatic carbocycles. The second-order valence-corrected chi connectivity index (χ2v) is 11.1. The highest BCUT2D eigenvalue weighted by Crippen LogP contribution is 2.44. The second-order valence-electron chi connectivity index (χ2n) is 11.1. The Balaban J connectivity index is 0. The summed E-state index contributed by atoms with van der Waals surface area (Å²) in [6, 6.07) is 0. The molecule has 0 radical (unpaired) electrons. The van der Waals surface area contributed by atoms with Gasteiger partial charge in [-0.3, -0.25) is 4.90 Å². The number of hydrogen-bond donors (Lipinski definition) is 0. The summed E-state index contributed by atoms with van der Waals surface area (Å²) in [5.74, 6) is 0. The summed E-state index contributed by atoms with van der Waals surface area (Å²) < 4.78 is 2.47. The van der Waals surface area contributed by atoms with E-state index in [9.17, 15) is 0 Å². The van der Waals surface area contributed by atoms with Gasteiger partial charge in [-0.25, -0.2) is 0 Å². The van der Waals surface area contributed by atoms with Crippen LogP contribution in [-0.2, 0) is 0 Å². The van der Waals surface area contributed by atoms with E-state index < -0.39 is 0 Å². The minimum absolute atomic E-state index is 0.627. The van der Waals surface area contributed by atoms with Crippen molar-refractivity contribution in [3.63, 3.8) is 0 Å². The zero-order valence-electron chi connectivity index (χ0n) is 26.0. The van der Waals surface area contributed by atoms with Crippen LogP contribution in [0.4, 0.5) is 0 Å². The standard InChI is InChI=1S/C12H25N2.C9H19N2.4C2H6/c1-13-8-4-12(5-9-13)6-10-14(2,3)11-7-12;1-10-6-7-11(2,3)8-9(10)4-5-9;4*1-2/h4-11H2,1-3H3;4-8H2,1-3H3;4*1-2H3/q2*+1;;;;. The molecule has 1 saturated carbocycles. The highest BCUT2D eigenvalue weighted by atomic mass is 15.4. The van der Waals surface area contributed by atoms with Crippen molar-refractivity contribution in [2.24, 2.45) is 5.41 Å². The molecule has 2 spiro atoms. The molecule has 3 heterocycles. The molecular formula is C29H68N4+2.